The highest BCUT2D eigenvalue weighted by molar-refractivity contribution is 7.97. The molecular weight excluding hydrogens is 484 g/mol. The van der Waals surface area contributed by atoms with Gasteiger partial charge in [0.25, 0.3) is 10.0 Å². The van der Waals surface area contributed by atoms with E-state index in [1.807, 2.05) is 6.92 Å². The van der Waals surface area contributed by atoms with Gasteiger partial charge in [0, 0.05) is 10.6 Å². The van der Waals surface area contributed by atoms with Crippen molar-refractivity contribution in [3.8, 4) is 0 Å². The molecule has 0 amide bonds. The molecule has 0 saturated heterocycles. The minimum atomic E-state index is -4.30. The van der Waals surface area contributed by atoms with Crippen molar-refractivity contribution in [3.63, 3.8) is 0 Å². The Kier molecular flexibility index (Phi) is 6.81. The average Bonchev–Trinajstić information content (AvgIpc) is 2.72. The van der Waals surface area contributed by atoms with E-state index in [9.17, 15) is 13.0 Å². The first-order chi connectivity index (χ1) is 14.0. The summed E-state index contributed by atoms with van der Waals surface area (Å²) in [5.41, 5.74) is 0.330. The molecule has 30 heavy (non-hydrogen) atoms. The normalized spacial score (nSPS) is 13.3. The van der Waals surface area contributed by atoms with E-state index >= 15 is 0 Å². The molecule has 0 aliphatic rings. The van der Waals surface area contributed by atoms with E-state index in [4.69, 9.17) is 34.8 Å². The second-order valence-corrected chi connectivity index (χ2v) is 13.0. The SMILES string of the molecule is Cc1ccc(S(=O)(=O)/N=C(\C(Cl)(Cl)Cl)P(=O)(c2ccccc2)c2ccccc2)cc1. The minimum Gasteiger partial charge on any atom is -0.307 e. The number of nitrogens with zero attached hydrogens (tertiary/aromatic N) is 1. The first-order valence-electron chi connectivity index (χ1n) is 8.76. The lowest BCUT2D eigenvalue weighted by atomic mass is 10.2. The van der Waals surface area contributed by atoms with Gasteiger partial charge in [-0.15, -0.1) is 0 Å². The van der Waals surface area contributed by atoms with Crippen LogP contribution in [0.15, 0.2) is 94.2 Å². The number of hydrogen-bond donors (Lipinski definition) is 0. The van der Waals surface area contributed by atoms with Gasteiger partial charge in [0.2, 0.25) is 3.79 Å². The van der Waals surface area contributed by atoms with Crippen LogP contribution in [0.1, 0.15) is 5.56 Å². The average molecular weight is 501 g/mol. The molecule has 0 aliphatic heterocycles. The summed E-state index contributed by atoms with van der Waals surface area (Å²) in [6, 6.07) is 22.6. The molecule has 0 radical (unpaired) electrons. The smallest absolute Gasteiger partial charge is 0.282 e. The molecule has 3 aromatic rings. The van der Waals surface area contributed by atoms with Gasteiger partial charge in [0.15, 0.2) is 12.6 Å². The van der Waals surface area contributed by atoms with E-state index in [-0.39, 0.29) is 4.90 Å². The van der Waals surface area contributed by atoms with Crippen molar-refractivity contribution in [1.82, 2.24) is 0 Å². The van der Waals surface area contributed by atoms with Crippen LogP contribution < -0.4 is 10.6 Å². The zero-order valence-electron chi connectivity index (χ0n) is 15.7. The van der Waals surface area contributed by atoms with Crippen LogP contribution in [-0.2, 0) is 14.6 Å². The second-order valence-electron chi connectivity index (χ2n) is 6.48. The summed E-state index contributed by atoms with van der Waals surface area (Å²) < 4.78 is 42.0. The number of hydrogen-bond acceptors (Lipinski definition) is 3. The number of aryl methyl sites for hydroxylation is 1. The van der Waals surface area contributed by atoms with Crippen molar-refractivity contribution in [2.45, 2.75) is 15.6 Å². The van der Waals surface area contributed by atoms with E-state index in [1.165, 1.54) is 12.1 Å². The zero-order chi connectivity index (χ0) is 22.0. The van der Waals surface area contributed by atoms with Gasteiger partial charge in [-0.3, -0.25) is 0 Å². The van der Waals surface area contributed by atoms with Crippen LogP contribution in [0.25, 0.3) is 0 Å². The molecular formula is C21H17Cl3NO3PS. The zero-order valence-corrected chi connectivity index (χ0v) is 19.7. The Hall–Kier alpha value is -1.62. The van der Waals surface area contributed by atoms with Gasteiger partial charge >= 0.3 is 0 Å². The highest BCUT2D eigenvalue weighted by Gasteiger charge is 2.46. The summed E-state index contributed by atoms with van der Waals surface area (Å²) >= 11 is 18.5. The van der Waals surface area contributed by atoms with Crippen LogP contribution in [0.3, 0.4) is 0 Å². The number of alkyl halides is 3. The Balaban J connectivity index is 2.33. The Labute approximate surface area is 190 Å². The lowest BCUT2D eigenvalue weighted by Crippen LogP contribution is -2.31. The van der Waals surface area contributed by atoms with Gasteiger partial charge in [-0.05, 0) is 19.1 Å². The standard InChI is InChI=1S/C21H17Cl3NO3PS/c1-16-12-14-19(15-13-16)30(27,28)25-20(21(22,23)24)29(26,17-8-4-2-5-9-17)18-10-6-3-7-11-18/h2-15H,1H3/b25-20+. The van der Waals surface area contributed by atoms with Gasteiger partial charge in [-0.1, -0.05) is 113 Å². The summed E-state index contributed by atoms with van der Waals surface area (Å²) in [5, 5.41) is 0.612. The monoisotopic (exact) mass is 499 g/mol. The fourth-order valence-electron chi connectivity index (χ4n) is 2.83. The van der Waals surface area contributed by atoms with Crippen LogP contribution in [0.5, 0.6) is 0 Å². The van der Waals surface area contributed by atoms with Gasteiger partial charge in [0.05, 0.1) is 4.90 Å². The second kappa shape index (κ2) is 8.86. The molecule has 0 saturated carbocycles. The largest absolute Gasteiger partial charge is 0.307 e. The number of rotatable bonds is 5. The molecule has 0 heterocycles. The molecule has 0 bridgehead atoms. The molecule has 9 heteroatoms. The fraction of sp³-hybridized carbons (Fsp3) is 0.0952. The number of sulfonamides is 1. The molecule has 3 aromatic carbocycles. The van der Waals surface area contributed by atoms with E-state index in [0.717, 1.165) is 5.56 Å². The third-order valence-corrected chi connectivity index (χ3v) is 9.76. The Morgan fingerprint density at radius 1 is 0.800 bits per heavy atom. The topological polar surface area (TPSA) is 63.6 Å². The van der Waals surface area contributed by atoms with Gasteiger partial charge < -0.3 is 4.57 Å². The molecule has 0 fully saturated rings. The lowest BCUT2D eigenvalue weighted by molar-refractivity contribution is 0.591. The van der Waals surface area contributed by atoms with E-state index < -0.39 is 26.4 Å². The summed E-state index contributed by atoms with van der Waals surface area (Å²) in [4.78, 5) is -0.0903. The molecule has 0 spiro atoms. The van der Waals surface area contributed by atoms with Crippen molar-refractivity contribution >= 4 is 68.0 Å². The first-order valence-corrected chi connectivity index (χ1v) is 13.0. The maximum Gasteiger partial charge on any atom is 0.282 e. The molecule has 0 N–H and O–H groups in total. The van der Waals surface area contributed by atoms with Crippen molar-refractivity contribution < 1.29 is 13.0 Å². The summed E-state index contributed by atoms with van der Waals surface area (Å²) in [5.74, 6) is 0. The quantitative estimate of drug-likeness (QED) is 0.265. The lowest BCUT2D eigenvalue weighted by Gasteiger charge is -2.25. The van der Waals surface area contributed by atoms with Crippen LogP contribution in [0.2, 0.25) is 0 Å². The molecule has 0 aromatic heterocycles. The van der Waals surface area contributed by atoms with E-state index in [1.54, 1.807) is 72.8 Å². The number of halogens is 3. The molecule has 0 atom stereocenters. The van der Waals surface area contributed by atoms with Crippen LogP contribution >= 0.6 is 41.9 Å². The number of benzene rings is 3. The van der Waals surface area contributed by atoms with Crippen LogP contribution in [0, 0.1) is 6.92 Å². The maximum absolute atomic E-state index is 14.5. The van der Waals surface area contributed by atoms with Crippen LogP contribution in [0.4, 0.5) is 0 Å². The van der Waals surface area contributed by atoms with Gasteiger partial charge in [-0.2, -0.15) is 12.8 Å². The summed E-state index contributed by atoms with van der Waals surface area (Å²) in [6.45, 7) is 1.82. The first kappa shape index (κ1) is 23.1. The minimum absolute atomic E-state index is 0.0903. The molecule has 156 valence electrons. The van der Waals surface area contributed by atoms with Gasteiger partial charge in [-0.25, -0.2) is 0 Å². The molecule has 3 rings (SSSR count). The van der Waals surface area contributed by atoms with Gasteiger partial charge in [0.1, 0.15) is 0 Å². The Morgan fingerprint density at radius 3 is 1.63 bits per heavy atom. The van der Waals surface area contributed by atoms with Crippen molar-refractivity contribution in [3.05, 3.63) is 90.5 Å². The Morgan fingerprint density at radius 2 is 1.23 bits per heavy atom. The predicted octanol–water partition coefficient (Wildman–Crippen LogP) is 5.47. The van der Waals surface area contributed by atoms with Crippen molar-refractivity contribution in [1.29, 1.82) is 0 Å². The fourth-order valence-corrected chi connectivity index (χ4v) is 8.24. The summed E-state index contributed by atoms with van der Waals surface area (Å²) in [6.07, 6.45) is 0. The van der Waals surface area contributed by atoms with Crippen molar-refractivity contribution in [2.75, 3.05) is 0 Å². The van der Waals surface area contributed by atoms with Crippen molar-refractivity contribution in [2.24, 2.45) is 4.40 Å². The highest BCUT2D eigenvalue weighted by atomic mass is 35.6. The molecule has 0 unspecified atom stereocenters. The highest BCUT2D eigenvalue weighted by Crippen LogP contribution is 2.53. The van der Waals surface area contributed by atoms with E-state index in [2.05, 4.69) is 4.40 Å². The van der Waals surface area contributed by atoms with E-state index in [0.29, 0.717) is 10.6 Å². The third kappa shape index (κ3) is 4.82. The van der Waals surface area contributed by atoms with Crippen LogP contribution in [-0.4, -0.2) is 17.7 Å². The third-order valence-electron chi connectivity index (χ3n) is 4.32. The maximum atomic E-state index is 14.5. The molecule has 0 aliphatic carbocycles. The predicted molar refractivity (Wildman–Crippen MR) is 126 cm³/mol. The Bertz CT molecular complexity index is 1160. The molecule has 4 nitrogen and oxygen atoms in total. The summed E-state index contributed by atoms with van der Waals surface area (Å²) in [7, 11) is -8.20.